The maximum Gasteiger partial charge on any atom is 0.138 e. The summed E-state index contributed by atoms with van der Waals surface area (Å²) in [5.74, 6) is 0.910. The molecule has 0 radical (unpaired) electrons. The van der Waals surface area contributed by atoms with Gasteiger partial charge in [0.25, 0.3) is 0 Å². The standard InChI is InChI=1S/C18H20N4O2/c1-12-16(13(2)24-21-12)9-22-6-3-15-17(4-7-22)19-11-20-18(15)14-5-8-23-10-14/h5,8,10-11H,3-4,6-7,9H2,1-2H3. The molecule has 0 spiro atoms. The number of nitrogens with zero attached hydrogens (tertiary/aromatic N) is 4. The Balaban J connectivity index is 1.57. The first kappa shape index (κ1) is 15.1. The second-order valence-electron chi connectivity index (χ2n) is 6.24. The number of rotatable bonds is 3. The fraction of sp³-hybridized carbons (Fsp3) is 0.389. The zero-order valence-corrected chi connectivity index (χ0v) is 14.0. The monoisotopic (exact) mass is 324 g/mol. The van der Waals surface area contributed by atoms with Crippen LogP contribution in [-0.4, -0.2) is 33.1 Å². The van der Waals surface area contributed by atoms with Crippen molar-refractivity contribution >= 4 is 0 Å². The van der Waals surface area contributed by atoms with Gasteiger partial charge in [-0.2, -0.15) is 0 Å². The number of fused-ring (bicyclic) bond motifs is 1. The Morgan fingerprint density at radius 2 is 2.04 bits per heavy atom. The Morgan fingerprint density at radius 1 is 1.17 bits per heavy atom. The SMILES string of the molecule is Cc1noc(C)c1CN1CCc2ncnc(-c3ccoc3)c2CC1. The molecule has 124 valence electrons. The highest BCUT2D eigenvalue weighted by Crippen LogP contribution is 2.26. The van der Waals surface area contributed by atoms with Gasteiger partial charge in [0.1, 0.15) is 12.1 Å². The van der Waals surface area contributed by atoms with Gasteiger partial charge in [0.15, 0.2) is 0 Å². The Labute approximate surface area is 140 Å². The van der Waals surface area contributed by atoms with Crippen molar-refractivity contribution in [2.45, 2.75) is 33.2 Å². The summed E-state index contributed by atoms with van der Waals surface area (Å²) >= 11 is 0. The van der Waals surface area contributed by atoms with Crippen molar-refractivity contribution < 1.29 is 8.94 Å². The first-order chi connectivity index (χ1) is 11.7. The minimum atomic E-state index is 0.865. The molecule has 0 saturated carbocycles. The molecule has 0 amide bonds. The largest absolute Gasteiger partial charge is 0.472 e. The van der Waals surface area contributed by atoms with Gasteiger partial charge >= 0.3 is 0 Å². The molecule has 6 heteroatoms. The molecule has 3 aromatic heterocycles. The number of furan rings is 1. The predicted octanol–water partition coefficient (Wildman–Crippen LogP) is 2.94. The van der Waals surface area contributed by atoms with Crippen molar-refractivity contribution in [3.63, 3.8) is 0 Å². The molecular weight excluding hydrogens is 304 g/mol. The minimum Gasteiger partial charge on any atom is -0.472 e. The lowest BCUT2D eigenvalue weighted by Crippen LogP contribution is -2.26. The van der Waals surface area contributed by atoms with Crippen LogP contribution in [0.3, 0.4) is 0 Å². The van der Waals surface area contributed by atoms with Gasteiger partial charge in [-0.1, -0.05) is 5.16 Å². The summed E-state index contributed by atoms with van der Waals surface area (Å²) in [7, 11) is 0. The van der Waals surface area contributed by atoms with E-state index in [2.05, 4.69) is 20.0 Å². The van der Waals surface area contributed by atoms with Gasteiger partial charge in [0.2, 0.25) is 0 Å². The quantitative estimate of drug-likeness (QED) is 0.738. The van der Waals surface area contributed by atoms with Crippen molar-refractivity contribution in [2.75, 3.05) is 13.1 Å². The molecule has 0 N–H and O–H groups in total. The van der Waals surface area contributed by atoms with Crippen LogP contribution in [0.25, 0.3) is 11.3 Å². The molecule has 1 aliphatic rings. The predicted molar refractivity (Wildman–Crippen MR) is 88.4 cm³/mol. The van der Waals surface area contributed by atoms with Crippen molar-refractivity contribution in [1.82, 2.24) is 20.0 Å². The average molecular weight is 324 g/mol. The van der Waals surface area contributed by atoms with Gasteiger partial charge in [-0.3, -0.25) is 4.90 Å². The van der Waals surface area contributed by atoms with Crippen molar-refractivity contribution in [3.05, 3.63) is 53.2 Å². The second kappa shape index (κ2) is 6.20. The highest BCUT2D eigenvalue weighted by Gasteiger charge is 2.21. The smallest absolute Gasteiger partial charge is 0.138 e. The number of hydrogen-bond acceptors (Lipinski definition) is 6. The molecule has 1 aliphatic heterocycles. The zero-order valence-electron chi connectivity index (χ0n) is 14.0. The Bertz CT molecular complexity index is 819. The third-order valence-corrected chi connectivity index (χ3v) is 4.74. The maximum absolute atomic E-state index is 5.29. The Morgan fingerprint density at radius 3 is 2.79 bits per heavy atom. The molecule has 6 nitrogen and oxygen atoms in total. The summed E-state index contributed by atoms with van der Waals surface area (Å²) in [5.41, 5.74) is 6.57. The molecule has 0 aromatic carbocycles. The second-order valence-corrected chi connectivity index (χ2v) is 6.24. The molecule has 0 unspecified atom stereocenters. The van der Waals surface area contributed by atoms with Gasteiger partial charge < -0.3 is 8.94 Å². The van der Waals surface area contributed by atoms with Crippen LogP contribution >= 0.6 is 0 Å². The van der Waals surface area contributed by atoms with Crippen molar-refractivity contribution in [2.24, 2.45) is 0 Å². The van der Waals surface area contributed by atoms with Crippen LogP contribution in [0.5, 0.6) is 0 Å². The first-order valence-electron chi connectivity index (χ1n) is 8.22. The zero-order chi connectivity index (χ0) is 16.5. The van der Waals surface area contributed by atoms with E-state index in [9.17, 15) is 0 Å². The van der Waals surface area contributed by atoms with E-state index in [1.165, 1.54) is 11.1 Å². The van der Waals surface area contributed by atoms with Gasteiger partial charge in [0, 0.05) is 48.4 Å². The molecule has 0 bridgehead atoms. The van der Waals surface area contributed by atoms with Crippen LogP contribution in [0.1, 0.15) is 28.3 Å². The number of hydrogen-bond donors (Lipinski definition) is 0. The van der Waals surface area contributed by atoms with Crippen LogP contribution in [0.4, 0.5) is 0 Å². The van der Waals surface area contributed by atoms with E-state index in [1.54, 1.807) is 18.9 Å². The van der Waals surface area contributed by atoms with E-state index in [1.807, 2.05) is 19.9 Å². The van der Waals surface area contributed by atoms with Gasteiger partial charge in [0.05, 0.1) is 23.9 Å². The summed E-state index contributed by atoms with van der Waals surface area (Å²) in [6, 6.07) is 1.95. The van der Waals surface area contributed by atoms with Crippen LogP contribution in [-0.2, 0) is 19.4 Å². The lowest BCUT2D eigenvalue weighted by atomic mass is 10.0. The van der Waals surface area contributed by atoms with Crippen LogP contribution in [0.15, 0.2) is 33.9 Å². The molecule has 4 rings (SSSR count). The third-order valence-electron chi connectivity index (χ3n) is 4.74. The average Bonchev–Trinajstić information content (AvgIpc) is 3.17. The summed E-state index contributed by atoms with van der Waals surface area (Å²) in [4.78, 5) is 11.4. The Kier molecular flexibility index (Phi) is 3.90. The van der Waals surface area contributed by atoms with E-state index < -0.39 is 0 Å². The fourth-order valence-electron chi connectivity index (χ4n) is 3.33. The van der Waals surface area contributed by atoms with E-state index in [4.69, 9.17) is 8.94 Å². The lowest BCUT2D eigenvalue weighted by molar-refractivity contribution is 0.276. The fourth-order valence-corrected chi connectivity index (χ4v) is 3.33. The minimum absolute atomic E-state index is 0.865. The first-order valence-corrected chi connectivity index (χ1v) is 8.22. The lowest BCUT2D eigenvalue weighted by Gasteiger charge is -2.19. The highest BCUT2D eigenvalue weighted by atomic mass is 16.5. The summed E-state index contributed by atoms with van der Waals surface area (Å²) in [6.07, 6.45) is 6.94. The highest BCUT2D eigenvalue weighted by molar-refractivity contribution is 5.62. The van der Waals surface area contributed by atoms with E-state index in [0.717, 1.165) is 60.9 Å². The van der Waals surface area contributed by atoms with Crippen molar-refractivity contribution in [1.29, 1.82) is 0 Å². The maximum atomic E-state index is 5.29. The summed E-state index contributed by atoms with van der Waals surface area (Å²) in [5, 5.41) is 4.06. The molecule has 4 heterocycles. The van der Waals surface area contributed by atoms with Crippen LogP contribution < -0.4 is 0 Å². The van der Waals surface area contributed by atoms with Gasteiger partial charge in [-0.15, -0.1) is 0 Å². The molecule has 3 aromatic rings. The summed E-state index contributed by atoms with van der Waals surface area (Å²) in [6.45, 7) is 6.78. The molecule has 0 atom stereocenters. The summed E-state index contributed by atoms with van der Waals surface area (Å²) < 4.78 is 10.5. The molecule has 24 heavy (non-hydrogen) atoms. The van der Waals surface area contributed by atoms with E-state index >= 15 is 0 Å². The molecule has 0 saturated heterocycles. The van der Waals surface area contributed by atoms with Gasteiger partial charge in [-0.05, 0) is 26.3 Å². The van der Waals surface area contributed by atoms with Crippen LogP contribution in [0.2, 0.25) is 0 Å². The molecular formula is C18H20N4O2. The van der Waals surface area contributed by atoms with Gasteiger partial charge in [-0.25, -0.2) is 9.97 Å². The third kappa shape index (κ3) is 2.73. The van der Waals surface area contributed by atoms with Crippen LogP contribution in [0, 0.1) is 13.8 Å². The molecule has 0 aliphatic carbocycles. The van der Waals surface area contributed by atoms with E-state index in [-0.39, 0.29) is 0 Å². The number of aryl methyl sites for hydroxylation is 2. The topological polar surface area (TPSA) is 68.2 Å². The normalized spacial score (nSPS) is 15.2. The van der Waals surface area contributed by atoms with E-state index in [0.29, 0.717) is 0 Å². The number of aromatic nitrogens is 3. The Hall–Kier alpha value is -2.47. The molecule has 0 fully saturated rings. The van der Waals surface area contributed by atoms with Crippen molar-refractivity contribution in [3.8, 4) is 11.3 Å².